The molecular formula is C7H11F3N4O2S. The fraction of sp³-hybridized carbons (Fsp3) is 0.571. The Morgan fingerprint density at radius 3 is 2.53 bits per heavy atom. The van der Waals surface area contributed by atoms with Gasteiger partial charge in [0.2, 0.25) is 10.0 Å². The van der Waals surface area contributed by atoms with E-state index < -0.39 is 27.6 Å². The quantitative estimate of drug-likeness (QED) is 0.826. The lowest BCUT2D eigenvalue weighted by molar-refractivity contribution is -0.121. The summed E-state index contributed by atoms with van der Waals surface area (Å²) in [5, 5.41) is 3.63. The average molecular weight is 272 g/mol. The standard InChI is InChI=1S/C7H11F3N4O2S/c1-2-14-3-5(6(11)13-14)17(15,16)12-4-7(8,9)10/h3,12H,2,4H2,1H3,(H2,11,13). The van der Waals surface area contributed by atoms with Crippen LogP contribution in [0.1, 0.15) is 6.92 Å². The Morgan fingerprint density at radius 1 is 1.53 bits per heavy atom. The highest BCUT2D eigenvalue weighted by atomic mass is 32.2. The number of aromatic nitrogens is 2. The smallest absolute Gasteiger partial charge is 0.381 e. The van der Waals surface area contributed by atoms with E-state index in [9.17, 15) is 21.6 Å². The van der Waals surface area contributed by atoms with Gasteiger partial charge in [0.15, 0.2) is 5.82 Å². The van der Waals surface area contributed by atoms with Crippen molar-refractivity contribution in [1.82, 2.24) is 14.5 Å². The van der Waals surface area contributed by atoms with Crippen LogP contribution in [0, 0.1) is 0 Å². The topological polar surface area (TPSA) is 90.0 Å². The molecule has 98 valence electrons. The number of anilines is 1. The third-order valence-corrected chi connectivity index (χ3v) is 3.25. The molecule has 3 N–H and O–H groups in total. The molecule has 0 aliphatic carbocycles. The Morgan fingerprint density at radius 2 is 2.12 bits per heavy atom. The molecule has 0 bridgehead atoms. The van der Waals surface area contributed by atoms with Gasteiger partial charge in [-0.25, -0.2) is 13.1 Å². The SMILES string of the molecule is CCn1cc(S(=O)(=O)NCC(F)(F)F)c(N)n1. The Bertz CT molecular complexity index is 494. The number of nitrogens with zero attached hydrogens (tertiary/aromatic N) is 2. The van der Waals surface area contributed by atoms with Gasteiger partial charge < -0.3 is 5.73 Å². The van der Waals surface area contributed by atoms with Crippen LogP contribution in [0.15, 0.2) is 11.1 Å². The van der Waals surface area contributed by atoms with Crippen molar-refractivity contribution in [1.29, 1.82) is 0 Å². The fourth-order valence-electron chi connectivity index (χ4n) is 1.04. The number of hydrogen-bond acceptors (Lipinski definition) is 4. The first kappa shape index (κ1) is 13.8. The first-order valence-electron chi connectivity index (χ1n) is 4.55. The van der Waals surface area contributed by atoms with E-state index in [0.29, 0.717) is 6.54 Å². The van der Waals surface area contributed by atoms with Gasteiger partial charge in [0.25, 0.3) is 0 Å². The van der Waals surface area contributed by atoms with E-state index >= 15 is 0 Å². The molecule has 0 saturated carbocycles. The molecule has 10 heteroatoms. The number of rotatable bonds is 4. The van der Waals surface area contributed by atoms with Crippen LogP contribution in [0.25, 0.3) is 0 Å². The minimum Gasteiger partial charge on any atom is -0.381 e. The second-order valence-electron chi connectivity index (χ2n) is 3.17. The molecule has 0 aliphatic rings. The largest absolute Gasteiger partial charge is 0.402 e. The number of alkyl halides is 3. The van der Waals surface area contributed by atoms with Gasteiger partial charge in [-0.15, -0.1) is 0 Å². The summed E-state index contributed by atoms with van der Waals surface area (Å²) in [6, 6.07) is 0. The molecule has 0 unspecified atom stereocenters. The van der Waals surface area contributed by atoms with Gasteiger partial charge in [-0.05, 0) is 6.92 Å². The van der Waals surface area contributed by atoms with E-state index in [4.69, 9.17) is 5.73 Å². The van der Waals surface area contributed by atoms with Crippen molar-refractivity contribution in [3.8, 4) is 0 Å². The molecule has 1 aromatic rings. The third kappa shape index (κ3) is 3.60. The summed E-state index contributed by atoms with van der Waals surface area (Å²) in [5.74, 6) is -0.332. The van der Waals surface area contributed by atoms with Crippen LogP contribution in [0.3, 0.4) is 0 Å². The summed E-state index contributed by atoms with van der Waals surface area (Å²) in [4.78, 5) is -0.455. The maximum absolute atomic E-state index is 11.9. The van der Waals surface area contributed by atoms with E-state index in [1.54, 1.807) is 6.92 Å². The van der Waals surface area contributed by atoms with Crippen molar-refractivity contribution in [2.45, 2.75) is 24.5 Å². The monoisotopic (exact) mass is 272 g/mol. The molecule has 0 amide bonds. The van der Waals surface area contributed by atoms with Gasteiger partial charge in [0, 0.05) is 12.7 Å². The molecule has 1 heterocycles. The maximum Gasteiger partial charge on any atom is 0.402 e. The summed E-state index contributed by atoms with van der Waals surface area (Å²) in [5.41, 5.74) is 5.31. The van der Waals surface area contributed by atoms with Gasteiger partial charge in [0.1, 0.15) is 11.4 Å². The third-order valence-electron chi connectivity index (χ3n) is 1.83. The minimum absolute atomic E-state index is 0.332. The molecule has 1 aromatic heterocycles. The molecule has 0 atom stereocenters. The molecule has 0 spiro atoms. The molecule has 6 nitrogen and oxygen atoms in total. The lowest BCUT2D eigenvalue weighted by Crippen LogP contribution is -2.33. The van der Waals surface area contributed by atoms with Crippen molar-refractivity contribution in [2.75, 3.05) is 12.3 Å². The second kappa shape index (κ2) is 4.53. The van der Waals surface area contributed by atoms with Crippen molar-refractivity contribution in [3.05, 3.63) is 6.20 Å². The van der Waals surface area contributed by atoms with E-state index in [2.05, 4.69) is 5.10 Å². The van der Waals surface area contributed by atoms with Crippen LogP contribution in [-0.2, 0) is 16.6 Å². The number of nitrogens with two attached hydrogens (primary N) is 1. The predicted molar refractivity (Wildman–Crippen MR) is 53.6 cm³/mol. The summed E-state index contributed by atoms with van der Waals surface area (Å²) in [7, 11) is -4.29. The number of sulfonamides is 1. The van der Waals surface area contributed by atoms with Gasteiger partial charge in [-0.1, -0.05) is 0 Å². The van der Waals surface area contributed by atoms with Crippen LogP contribution in [0.2, 0.25) is 0 Å². The number of nitrogens with one attached hydrogen (secondary N) is 1. The van der Waals surface area contributed by atoms with Crippen LogP contribution < -0.4 is 10.5 Å². The van der Waals surface area contributed by atoms with E-state index in [-0.39, 0.29) is 5.82 Å². The number of nitrogen functional groups attached to an aromatic ring is 1. The first-order valence-corrected chi connectivity index (χ1v) is 6.03. The van der Waals surface area contributed by atoms with Crippen molar-refractivity contribution < 1.29 is 21.6 Å². The predicted octanol–water partition coefficient (Wildman–Crippen LogP) is 0.326. The number of hydrogen-bond donors (Lipinski definition) is 2. The Balaban J connectivity index is 2.93. The highest BCUT2D eigenvalue weighted by Crippen LogP contribution is 2.18. The number of halogens is 3. The zero-order valence-electron chi connectivity index (χ0n) is 8.82. The summed E-state index contributed by atoms with van der Waals surface area (Å²) >= 11 is 0. The number of aryl methyl sites for hydroxylation is 1. The van der Waals surface area contributed by atoms with Gasteiger partial charge in [0.05, 0.1) is 0 Å². The van der Waals surface area contributed by atoms with Crippen LogP contribution in [-0.4, -0.2) is 30.9 Å². The molecule has 1 rings (SSSR count). The van der Waals surface area contributed by atoms with Gasteiger partial charge in [-0.2, -0.15) is 18.3 Å². The van der Waals surface area contributed by atoms with Crippen LogP contribution in [0.5, 0.6) is 0 Å². The van der Waals surface area contributed by atoms with Crippen molar-refractivity contribution in [2.24, 2.45) is 0 Å². The van der Waals surface area contributed by atoms with E-state index in [1.807, 2.05) is 0 Å². The second-order valence-corrected chi connectivity index (χ2v) is 4.91. The maximum atomic E-state index is 11.9. The normalized spacial score (nSPS) is 12.9. The van der Waals surface area contributed by atoms with E-state index in [0.717, 1.165) is 6.20 Å². The summed E-state index contributed by atoms with van der Waals surface area (Å²) < 4.78 is 61.3. The van der Waals surface area contributed by atoms with Crippen molar-refractivity contribution in [3.63, 3.8) is 0 Å². The van der Waals surface area contributed by atoms with Gasteiger partial charge in [-0.3, -0.25) is 4.68 Å². The lowest BCUT2D eigenvalue weighted by Gasteiger charge is -2.07. The van der Waals surface area contributed by atoms with Crippen molar-refractivity contribution >= 4 is 15.8 Å². The first-order chi connectivity index (χ1) is 7.65. The average Bonchev–Trinajstić information content (AvgIpc) is 2.57. The molecule has 17 heavy (non-hydrogen) atoms. The molecule has 0 aromatic carbocycles. The minimum atomic E-state index is -4.62. The molecule has 0 fully saturated rings. The Hall–Kier alpha value is -1.29. The highest BCUT2D eigenvalue weighted by Gasteiger charge is 2.31. The lowest BCUT2D eigenvalue weighted by atomic mass is 10.6. The van der Waals surface area contributed by atoms with E-state index in [1.165, 1.54) is 9.40 Å². The highest BCUT2D eigenvalue weighted by molar-refractivity contribution is 7.89. The molecule has 0 aliphatic heterocycles. The van der Waals surface area contributed by atoms with Crippen LogP contribution >= 0.6 is 0 Å². The van der Waals surface area contributed by atoms with Crippen LogP contribution in [0.4, 0.5) is 19.0 Å². The Kier molecular flexibility index (Phi) is 3.67. The summed E-state index contributed by atoms with van der Waals surface area (Å²) in [6.07, 6.45) is -3.55. The Labute approximate surface area is 95.6 Å². The zero-order valence-corrected chi connectivity index (χ0v) is 9.64. The molecule has 0 radical (unpaired) electrons. The molecule has 0 saturated heterocycles. The van der Waals surface area contributed by atoms with Gasteiger partial charge >= 0.3 is 6.18 Å². The zero-order chi connectivity index (χ0) is 13.3. The summed E-state index contributed by atoms with van der Waals surface area (Å²) in [6.45, 7) is 0.400. The molecular weight excluding hydrogens is 261 g/mol. The fourth-order valence-corrected chi connectivity index (χ4v) is 2.13.